The maximum Gasteiger partial charge on any atom is 0.294 e. The summed E-state index contributed by atoms with van der Waals surface area (Å²) >= 11 is 2.37. The molecule has 0 unspecified atom stereocenters. The summed E-state index contributed by atoms with van der Waals surface area (Å²) in [7, 11) is 0. The molecule has 2 aromatic rings. The van der Waals surface area contributed by atoms with Crippen molar-refractivity contribution in [2.45, 2.75) is 6.92 Å². The van der Waals surface area contributed by atoms with E-state index in [-0.39, 0.29) is 6.54 Å². The molecule has 0 aliphatic carbocycles. The van der Waals surface area contributed by atoms with Gasteiger partial charge in [-0.1, -0.05) is 18.2 Å². The molecule has 122 valence electrons. The molecule has 1 aromatic carbocycles. The van der Waals surface area contributed by atoms with Crippen molar-refractivity contribution in [3.63, 3.8) is 0 Å². The van der Waals surface area contributed by atoms with Crippen molar-refractivity contribution in [3.05, 3.63) is 57.1 Å². The number of thiophene rings is 1. The van der Waals surface area contributed by atoms with Crippen LogP contribution < -0.4 is 5.32 Å². The van der Waals surface area contributed by atoms with Gasteiger partial charge in [0.2, 0.25) is 5.91 Å². The second-order valence-electron chi connectivity index (χ2n) is 5.15. The van der Waals surface area contributed by atoms with E-state index in [0.717, 1.165) is 27.1 Å². The summed E-state index contributed by atoms with van der Waals surface area (Å²) in [4.78, 5) is 38.7. The van der Waals surface area contributed by atoms with Crippen molar-refractivity contribution in [1.29, 1.82) is 0 Å². The van der Waals surface area contributed by atoms with Crippen LogP contribution >= 0.6 is 23.1 Å². The predicted molar refractivity (Wildman–Crippen MR) is 96.8 cm³/mol. The van der Waals surface area contributed by atoms with Crippen LogP contribution in [0.4, 0.5) is 10.5 Å². The molecule has 0 radical (unpaired) electrons. The van der Waals surface area contributed by atoms with E-state index in [0.29, 0.717) is 10.6 Å². The number of carbonyl (C=O) groups excluding carboxylic acids is 3. The van der Waals surface area contributed by atoms with Crippen LogP contribution in [0.2, 0.25) is 0 Å². The number of hydrogen-bond acceptors (Lipinski definition) is 5. The van der Waals surface area contributed by atoms with E-state index >= 15 is 0 Å². The summed E-state index contributed by atoms with van der Waals surface area (Å²) < 4.78 is 0. The number of thioether (sulfide) groups is 1. The van der Waals surface area contributed by atoms with E-state index < -0.39 is 17.1 Å². The predicted octanol–water partition coefficient (Wildman–Crippen LogP) is 3.73. The lowest BCUT2D eigenvalue weighted by atomic mass is 10.2. The Labute approximate surface area is 147 Å². The highest BCUT2D eigenvalue weighted by atomic mass is 32.2. The minimum Gasteiger partial charge on any atom is -0.325 e. The Morgan fingerprint density at radius 3 is 2.62 bits per heavy atom. The van der Waals surface area contributed by atoms with Crippen molar-refractivity contribution in [2.75, 3.05) is 11.9 Å². The van der Waals surface area contributed by atoms with Crippen LogP contribution in [0.3, 0.4) is 0 Å². The van der Waals surface area contributed by atoms with Crippen LogP contribution in [0.1, 0.15) is 10.4 Å². The highest BCUT2D eigenvalue weighted by Gasteiger charge is 2.36. The lowest BCUT2D eigenvalue weighted by Crippen LogP contribution is -2.36. The molecule has 2 heterocycles. The summed E-state index contributed by atoms with van der Waals surface area (Å²) in [6.07, 6.45) is 1.71. The Bertz CT molecular complexity index is 827. The van der Waals surface area contributed by atoms with Gasteiger partial charge in [-0.05, 0) is 53.9 Å². The quantitative estimate of drug-likeness (QED) is 0.846. The van der Waals surface area contributed by atoms with E-state index in [1.54, 1.807) is 30.3 Å². The van der Waals surface area contributed by atoms with Crippen LogP contribution in [0, 0.1) is 6.92 Å². The fraction of sp³-hybridized carbons (Fsp3) is 0.118. The highest BCUT2D eigenvalue weighted by molar-refractivity contribution is 8.18. The normalized spacial score (nSPS) is 16.0. The molecular formula is C17H14N2O3S2. The maximum absolute atomic E-state index is 12.4. The van der Waals surface area contributed by atoms with Gasteiger partial charge in [-0.2, -0.15) is 0 Å². The second kappa shape index (κ2) is 7.02. The van der Waals surface area contributed by atoms with Gasteiger partial charge in [0.25, 0.3) is 11.1 Å². The topological polar surface area (TPSA) is 66.5 Å². The Hall–Kier alpha value is -2.38. The molecular weight excluding hydrogens is 344 g/mol. The zero-order valence-corrected chi connectivity index (χ0v) is 14.4. The zero-order valence-electron chi connectivity index (χ0n) is 12.8. The van der Waals surface area contributed by atoms with E-state index in [1.807, 2.05) is 24.4 Å². The number of carbonyl (C=O) groups is 3. The summed E-state index contributed by atoms with van der Waals surface area (Å²) in [6.45, 7) is 1.65. The van der Waals surface area contributed by atoms with Gasteiger partial charge in [0.05, 0.1) is 4.91 Å². The molecule has 0 bridgehead atoms. The average molecular weight is 358 g/mol. The highest BCUT2D eigenvalue weighted by Crippen LogP contribution is 2.33. The first-order valence-corrected chi connectivity index (χ1v) is 8.88. The molecule has 0 atom stereocenters. The summed E-state index contributed by atoms with van der Waals surface area (Å²) in [5.74, 6) is -0.835. The minimum atomic E-state index is -0.430. The Morgan fingerprint density at radius 2 is 1.96 bits per heavy atom. The molecule has 1 aliphatic heterocycles. The molecule has 1 fully saturated rings. The first-order chi connectivity index (χ1) is 11.5. The smallest absolute Gasteiger partial charge is 0.294 e. The number of para-hydroxylation sites is 1. The standard InChI is InChI=1S/C17H14N2O3S2/c1-11-7-8-23-13(11)9-14-16(21)19(17(22)24-14)10-15(20)18-12-5-3-2-4-6-12/h2-9H,10H2,1H3,(H,18,20)/b14-9+. The third-order valence-electron chi connectivity index (χ3n) is 3.40. The van der Waals surface area contributed by atoms with Gasteiger partial charge in [0.1, 0.15) is 6.54 Å². The fourth-order valence-electron chi connectivity index (χ4n) is 2.15. The minimum absolute atomic E-state index is 0.291. The number of hydrogen-bond donors (Lipinski definition) is 1. The maximum atomic E-state index is 12.4. The molecule has 5 nitrogen and oxygen atoms in total. The number of nitrogens with one attached hydrogen (secondary N) is 1. The van der Waals surface area contributed by atoms with Crippen molar-refractivity contribution in [1.82, 2.24) is 4.90 Å². The Morgan fingerprint density at radius 1 is 1.21 bits per heavy atom. The Balaban J connectivity index is 1.69. The molecule has 3 rings (SSSR count). The SMILES string of the molecule is Cc1ccsc1/C=C1/SC(=O)N(CC(=O)Nc2ccccc2)C1=O. The van der Waals surface area contributed by atoms with Gasteiger partial charge in [-0.25, -0.2) is 0 Å². The van der Waals surface area contributed by atoms with Crippen LogP contribution in [-0.2, 0) is 9.59 Å². The van der Waals surface area contributed by atoms with Gasteiger partial charge in [0.15, 0.2) is 0 Å². The molecule has 1 saturated heterocycles. The average Bonchev–Trinajstić information content (AvgIpc) is 3.07. The molecule has 7 heteroatoms. The van der Waals surface area contributed by atoms with E-state index in [1.165, 1.54) is 11.3 Å². The van der Waals surface area contributed by atoms with Gasteiger partial charge in [0, 0.05) is 10.6 Å². The first-order valence-electron chi connectivity index (χ1n) is 7.19. The first kappa shape index (κ1) is 16.5. The van der Waals surface area contributed by atoms with Crippen molar-refractivity contribution in [2.24, 2.45) is 0 Å². The number of rotatable bonds is 4. The Kier molecular flexibility index (Phi) is 4.82. The summed E-state index contributed by atoms with van der Waals surface area (Å²) in [6, 6.07) is 10.9. The van der Waals surface area contributed by atoms with E-state index in [4.69, 9.17) is 0 Å². The lowest BCUT2D eigenvalue weighted by Gasteiger charge is -2.12. The number of amides is 3. The van der Waals surface area contributed by atoms with Gasteiger partial charge >= 0.3 is 0 Å². The number of benzene rings is 1. The third kappa shape index (κ3) is 3.58. The number of anilines is 1. The molecule has 0 spiro atoms. The number of nitrogens with zero attached hydrogens (tertiary/aromatic N) is 1. The molecule has 1 aliphatic rings. The van der Waals surface area contributed by atoms with E-state index in [2.05, 4.69) is 5.32 Å². The van der Waals surface area contributed by atoms with Gasteiger partial charge < -0.3 is 5.32 Å². The van der Waals surface area contributed by atoms with Crippen molar-refractivity contribution in [3.8, 4) is 0 Å². The molecule has 24 heavy (non-hydrogen) atoms. The summed E-state index contributed by atoms with van der Waals surface area (Å²) in [5, 5.41) is 4.17. The van der Waals surface area contributed by atoms with Gasteiger partial charge in [-0.3, -0.25) is 19.3 Å². The molecule has 1 N–H and O–H groups in total. The summed E-state index contributed by atoms with van der Waals surface area (Å²) in [5.41, 5.74) is 1.67. The van der Waals surface area contributed by atoms with Crippen LogP contribution in [0.15, 0.2) is 46.7 Å². The third-order valence-corrected chi connectivity index (χ3v) is 5.27. The van der Waals surface area contributed by atoms with Crippen LogP contribution in [0.25, 0.3) is 6.08 Å². The van der Waals surface area contributed by atoms with Gasteiger partial charge in [-0.15, -0.1) is 11.3 Å². The molecule has 3 amide bonds. The molecule has 0 saturated carbocycles. The van der Waals surface area contributed by atoms with Crippen molar-refractivity contribution >= 4 is 51.9 Å². The number of imide groups is 1. The zero-order chi connectivity index (χ0) is 17.1. The van der Waals surface area contributed by atoms with Crippen molar-refractivity contribution < 1.29 is 14.4 Å². The lowest BCUT2D eigenvalue weighted by molar-refractivity contribution is -0.127. The van der Waals surface area contributed by atoms with E-state index in [9.17, 15) is 14.4 Å². The number of aryl methyl sites for hydroxylation is 1. The van der Waals surface area contributed by atoms with Crippen LogP contribution in [-0.4, -0.2) is 28.5 Å². The second-order valence-corrected chi connectivity index (χ2v) is 7.09. The van der Waals surface area contributed by atoms with Crippen LogP contribution in [0.5, 0.6) is 0 Å². The largest absolute Gasteiger partial charge is 0.325 e. The molecule has 1 aromatic heterocycles. The fourth-order valence-corrected chi connectivity index (χ4v) is 3.91. The monoisotopic (exact) mass is 358 g/mol.